The fourth-order valence-corrected chi connectivity index (χ4v) is 3.88. The lowest BCUT2D eigenvalue weighted by atomic mass is 10.1. The highest BCUT2D eigenvalue weighted by Gasteiger charge is 2.26. The van der Waals surface area contributed by atoms with Crippen molar-refractivity contribution >= 4 is 18.0 Å². The number of nitrogens with one attached hydrogen (secondary N) is 2. The number of fused-ring (bicyclic) bond motifs is 1. The van der Waals surface area contributed by atoms with Crippen LogP contribution in [0.2, 0.25) is 0 Å². The van der Waals surface area contributed by atoms with Crippen molar-refractivity contribution in [1.29, 1.82) is 0 Å². The minimum absolute atomic E-state index is 0.128. The first-order chi connectivity index (χ1) is 13.1. The van der Waals surface area contributed by atoms with E-state index in [9.17, 15) is 4.79 Å². The van der Waals surface area contributed by atoms with Crippen LogP contribution in [0.3, 0.4) is 0 Å². The number of aryl methyl sites for hydroxylation is 1. The van der Waals surface area contributed by atoms with Gasteiger partial charge in [0.05, 0.1) is 17.9 Å². The summed E-state index contributed by atoms with van der Waals surface area (Å²) in [5, 5.41) is 3.44. The summed E-state index contributed by atoms with van der Waals surface area (Å²) in [6, 6.07) is 18.6. The number of hydrogen-bond donors (Lipinski definition) is 2. The maximum Gasteiger partial charge on any atom is 0.258 e. The van der Waals surface area contributed by atoms with Crippen LogP contribution in [0.1, 0.15) is 29.7 Å². The largest absolute Gasteiger partial charge is 0.358 e. The molecule has 2 heterocycles. The van der Waals surface area contributed by atoms with Gasteiger partial charge in [0.15, 0.2) is 4.77 Å². The second-order valence-corrected chi connectivity index (χ2v) is 7.26. The molecule has 2 N–H and O–H groups in total. The van der Waals surface area contributed by atoms with Gasteiger partial charge in [-0.15, -0.1) is 0 Å². The summed E-state index contributed by atoms with van der Waals surface area (Å²) in [4.78, 5) is 17.8. The van der Waals surface area contributed by atoms with Crippen LogP contribution in [0.5, 0.6) is 0 Å². The van der Waals surface area contributed by atoms with Crippen molar-refractivity contribution in [3.63, 3.8) is 0 Å². The normalized spacial score (nSPS) is 15.0. The number of H-pyrrole nitrogens is 1. The molecule has 2 aromatic carbocycles. The van der Waals surface area contributed by atoms with Gasteiger partial charge in [0, 0.05) is 12.6 Å². The lowest BCUT2D eigenvalue weighted by molar-refractivity contribution is 0.207. The van der Waals surface area contributed by atoms with Crippen molar-refractivity contribution in [3.05, 3.63) is 86.4 Å². The zero-order valence-corrected chi connectivity index (χ0v) is 16.2. The molecule has 27 heavy (non-hydrogen) atoms. The summed E-state index contributed by atoms with van der Waals surface area (Å²) in [6.07, 6.45) is 0. The molecule has 0 amide bonds. The van der Waals surface area contributed by atoms with E-state index in [0.717, 1.165) is 17.1 Å². The molecule has 0 fully saturated rings. The number of para-hydroxylation sites is 1. The summed E-state index contributed by atoms with van der Waals surface area (Å²) in [6.45, 7) is 5.41. The minimum atomic E-state index is -0.128. The molecule has 1 unspecified atom stereocenters. The molecule has 1 atom stereocenters. The van der Waals surface area contributed by atoms with Crippen LogP contribution in [0.25, 0.3) is 5.69 Å². The van der Waals surface area contributed by atoms with Gasteiger partial charge in [-0.3, -0.25) is 19.2 Å². The number of aromatic nitrogens is 2. The summed E-state index contributed by atoms with van der Waals surface area (Å²) in [5.74, 6) is 0.787. The van der Waals surface area contributed by atoms with Crippen molar-refractivity contribution < 1.29 is 0 Å². The fourth-order valence-electron chi connectivity index (χ4n) is 3.60. The first-order valence-corrected chi connectivity index (χ1v) is 9.44. The SMILES string of the molecule is Cc1ccccc1-n1c2c(c(=O)[nH]c1=S)CN(C(C)c1ccccc1)CN2. The summed E-state index contributed by atoms with van der Waals surface area (Å²) in [7, 11) is 0. The van der Waals surface area contributed by atoms with Crippen molar-refractivity contribution in [1.82, 2.24) is 14.5 Å². The van der Waals surface area contributed by atoms with Gasteiger partial charge in [-0.05, 0) is 43.3 Å². The maximum absolute atomic E-state index is 12.7. The molecular weight excluding hydrogens is 356 g/mol. The Morgan fingerprint density at radius 1 is 1.07 bits per heavy atom. The summed E-state index contributed by atoms with van der Waals surface area (Å²) < 4.78 is 2.34. The van der Waals surface area contributed by atoms with E-state index in [-0.39, 0.29) is 11.6 Å². The topological polar surface area (TPSA) is 53.1 Å². The number of benzene rings is 2. The first-order valence-electron chi connectivity index (χ1n) is 9.03. The molecule has 0 bridgehead atoms. The molecule has 1 aromatic heterocycles. The van der Waals surface area contributed by atoms with Crippen LogP contribution >= 0.6 is 12.2 Å². The Labute approximate surface area is 163 Å². The quantitative estimate of drug-likeness (QED) is 0.672. The first kappa shape index (κ1) is 17.7. The van der Waals surface area contributed by atoms with Crippen molar-refractivity contribution in [3.8, 4) is 5.69 Å². The van der Waals surface area contributed by atoms with Crippen LogP contribution < -0.4 is 10.9 Å². The van der Waals surface area contributed by atoms with E-state index in [0.29, 0.717) is 23.5 Å². The predicted octanol–water partition coefficient (Wildman–Crippen LogP) is 4.15. The van der Waals surface area contributed by atoms with Crippen LogP contribution in [-0.4, -0.2) is 21.1 Å². The van der Waals surface area contributed by atoms with Gasteiger partial charge in [-0.25, -0.2) is 0 Å². The van der Waals surface area contributed by atoms with E-state index in [1.54, 1.807) is 0 Å². The fraction of sp³-hybridized carbons (Fsp3) is 0.238. The molecule has 138 valence electrons. The van der Waals surface area contributed by atoms with E-state index in [1.165, 1.54) is 5.56 Å². The van der Waals surface area contributed by atoms with E-state index in [1.807, 2.05) is 54.0 Å². The smallest absolute Gasteiger partial charge is 0.258 e. The van der Waals surface area contributed by atoms with Crippen LogP contribution in [0.4, 0.5) is 5.82 Å². The van der Waals surface area contributed by atoms with E-state index in [2.05, 4.69) is 34.3 Å². The molecule has 1 aliphatic rings. The van der Waals surface area contributed by atoms with Crippen molar-refractivity contribution in [2.45, 2.75) is 26.4 Å². The molecule has 0 saturated carbocycles. The number of anilines is 1. The zero-order chi connectivity index (χ0) is 19.0. The molecule has 1 aliphatic heterocycles. The van der Waals surface area contributed by atoms with E-state index >= 15 is 0 Å². The number of rotatable bonds is 3. The summed E-state index contributed by atoms with van der Waals surface area (Å²) in [5.41, 5.74) is 3.89. The van der Waals surface area contributed by atoms with Gasteiger partial charge >= 0.3 is 0 Å². The third-order valence-electron chi connectivity index (χ3n) is 5.20. The Morgan fingerprint density at radius 3 is 2.52 bits per heavy atom. The molecular formula is C21H22N4OS. The molecule has 0 spiro atoms. The van der Waals surface area contributed by atoms with Crippen molar-refractivity contribution in [2.24, 2.45) is 0 Å². The Morgan fingerprint density at radius 2 is 1.78 bits per heavy atom. The lowest BCUT2D eigenvalue weighted by Crippen LogP contribution is -2.40. The number of hydrogen-bond acceptors (Lipinski definition) is 4. The Balaban J connectivity index is 1.77. The lowest BCUT2D eigenvalue weighted by Gasteiger charge is -2.35. The minimum Gasteiger partial charge on any atom is -0.358 e. The average Bonchev–Trinajstić information content (AvgIpc) is 2.69. The van der Waals surface area contributed by atoms with Gasteiger partial charge in [0.25, 0.3) is 5.56 Å². The molecule has 3 aromatic rings. The molecule has 0 radical (unpaired) electrons. The van der Waals surface area contributed by atoms with Gasteiger partial charge in [-0.1, -0.05) is 48.5 Å². The predicted molar refractivity (Wildman–Crippen MR) is 111 cm³/mol. The van der Waals surface area contributed by atoms with Gasteiger partial charge in [-0.2, -0.15) is 0 Å². The second kappa shape index (κ2) is 7.13. The molecule has 5 nitrogen and oxygen atoms in total. The van der Waals surface area contributed by atoms with E-state index in [4.69, 9.17) is 12.2 Å². The van der Waals surface area contributed by atoms with Crippen LogP contribution in [0.15, 0.2) is 59.4 Å². The molecule has 6 heteroatoms. The van der Waals surface area contributed by atoms with Crippen LogP contribution in [0, 0.1) is 11.7 Å². The zero-order valence-electron chi connectivity index (χ0n) is 15.4. The van der Waals surface area contributed by atoms with Gasteiger partial charge in [0.1, 0.15) is 5.82 Å². The average molecular weight is 379 g/mol. The molecule has 4 rings (SSSR count). The highest BCUT2D eigenvalue weighted by atomic mass is 32.1. The Hall–Kier alpha value is -2.70. The maximum atomic E-state index is 12.7. The second-order valence-electron chi connectivity index (χ2n) is 6.88. The van der Waals surface area contributed by atoms with Crippen molar-refractivity contribution in [2.75, 3.05) is 12.0 Å². The Kier molecular flexibility index (Phi) is 4.68. The van der Waals surface area contributed by atoms with Gasteiger partial charge in [0.2, 0.25) is 0 Å². The van der Waals surface area contributed by atoms with Gasteiger partial charge < -0.3 is 5.32 Å². The standard InChI is InChI=1S/C21H22N4OS/c1-14-8-6-7-11-18(14)25-19-17(20(26)23-21(25)27)12-24(13-22-19)15(2)16-9-4-3-5-10-16/h3-11,15,22H,12-13H2,1-2H3,(H,23,26,27). The highest BCUT2D eigenvalue weighted by Crippen LogP contribution is 2.29. The molecule has 0 saturated heterocycles. The van der Waals surface area contributed by atoms with Crippen LogP contribution in [-0.2, 0) is 6.54 Å². The number of nitrogens with zero attached hydrogens (tertiary/aromatic N) is 2. The summed E-state index contributed by atoms with van der Waals surface area (Å²) >= 11 is 5.48. The number of aromatic amines is 1. The third kappa shape index (κ3) is 3.22. The third-order valence-corrected chi connectivity index (χ3v) is 5.49. The highest BCUT2D eigenvalue weighted by molar-refractivity contribution is 7.71. The molecule has 0 aliphatic carbocycles. The Bertz CT molecular complexity index is 1090. The van der Waals surface area contributed by atoms with E-state index < -0.39 is 0 Å². The monoisotopic (exact) mass is 378 g/mol.